The summed E-state index contributed by atoms with van der Waals surface area (Å²) in [6.07, 6.45) is 0. The van der Waals surface area contributed by atoms with Crippen molar-refractivity contribution in [2.45, 2.75) is 0 Å². The topological polar surface area (TPSA) is 114 Å². The molecular formula is C5H4LiN4O3+. The summed E-state index contributed by atoms with van der Waals surface area (Å²) in [7, 11) is 0. The molecule has 0 aliphatic heterocycles. The average molecular weight is 175 g/mol. The van der Waals surface area contributed by atoms with E-state index >= 15 is 0 Å². The molecule has 0 aliphatic carbocycles. The van der Waals surface area contributed by atoms with E-state index in [0.717, 1.165) is 0 Å². The molecule has 8 heteroatoms. The quantitative estimate of drug-likeness (QED) is 0.301. The van der Waals surface area contributed by atoms with Crippen molar-refractivity contribution >= 4 is 11.2 Å². The monoisotopic (exact) mass is 175 g/mol. The van der Waals surface area contributed by atoms with Gasteiger partial charge >= 0.3 is 30.2 Å². The molecular weight excluding hydrogens is 171 g/mol. The van der Waals surface area contributed by atoms with Crippen LogP contribution in [-0.4, -0.2) is 19.9 Å². The zero-order valence-electron chi connectivity index (χ0n) is 6.72. The summed E-state index contributed by atoms with van der Waals surface area (Å²) in [5.41, 5.74) is -1.65. The molecule has 0 fully saturated rings. The number of aromatic nitrogens is 4. The number of aromatic amines is 4. The van der Waals surface area contributed by atoms with Gasteiger partial charge in [-0.2, -0.15) is 0 Å². The van der Waals surface area contributed by atoms with Gasteiger partial charge < -0.3 is 0 Å². The Balaban J connectivity index is 0.000000845. The molecule has 4 N–H and O–H groups in total. The van der Waals surface area contributed by atoms with Crippen molar-refractivity contribution < 1.29 is 18.9 Å². The molecule has 0 atom stereocenters. The van der Waals surface area contributed by atoms with Crippen LogP contribution < -0.4 is 35.8 Å². The summed E-state index contributed by atoms with van der Waals surface area (Å²) < 4.78 is 0. The molecule has 0 aliphatic rings. The number of hydrogen-bond donors (Lipinski definition) is 4. The summed E-state index contributed by atoms with van der Waals surface area (Å²) in [5.74, 6) is 0. The van der Waals surface area contributed by atoms with E-state index in [-0.39, 0.29) is 30.0 Å². The molecule has 7 nitrogen and oxygen atoms in total. The zero-order chi connectivity index (χ0) is 8.72. The summed E-state index contributed by atoms with van der Waals surface area (Å²) >= 11 is 0. The molecule has 2 heterocycles. The molecule has 0 aromatic carbocycles. The Morgan fingerprint density at radius 2 is 1.31 bits per heavy atom. The van der Waals surface area contributed by atoms with E-state index in [4.69, 9.17) is 0 Å². The fourth-order valence-corrected chi connectivity index (χ4v) is 0.958. The first-order chi connectivity index (χ1) is 5.66. The Morgan fingerprint density at radius 1 is 0.769 bits per heavy atom. The van der Waals surface area contributed by atoms with Gasteiger partial charge in [-0.1, -0.05) is 0 Å². The van der Waals surface area contributed by atoms with Crippen LogP contribution in [0.3, 0.4) is 0 Å². The summed E-state index contributed by atoms with van der Waals surface area (Å²) in [6.45, 7) is 0. The van der Waals surface area contributed by atoms with Crippen LogP contribution in [0.2, 0.25) is 0 Å². The molecule has 2 rings (SSSR count). The van der Waals surface area contributed by atoms with Gasteiger partial charge in [0.25, 0.3) is 5.56 Å². The molecule has 0 saturated heterocycles. The van der Waals surface area contributed by atoms with Crippen molar-refractivity contribution in [1.29, 1.82) is 0 Å². The molecule has 0 unspecified atom stereocenters. The van der Waals surface area contributed by atoms with Gasteiger partial charge in [0, 0.05) is 0 Å². The minimum absolute atomic E-state index is 0. The second kappa shape index (κ2) is 3.12. The summed E-state index contributed by atoms with van der Waals surface area (Å²) in [6, 6.07) is 0. The van der Waals surface area contributed by atoms with Gasteiger partial charge in [-0.25, -0.2) is 9.59 Å². The van der Waals surface area contributed by atoms with Crippen molar-refractivity contribution in [3.8, 4) is 0 Å². The van der Waals surface area contributed by atoms with Crippen LogP contribution in [0.15, 0.2) is 14.4 Å². The van der Waals surface area contributed by atoms with Crippen LogP contribution in [-0.2, 0) is 0 Å². The SMILES string of the molecule is O=c1[nH]c(=O)c2[nH]c(=O)[nH]c2[nH]1.[Li+]. The van der Waals surface area contributed by atoms with Crippen molar-refractivity contribution in [1.82, 2.24) is 19.9 Å². The van der Waals surface area contributed by atoms with E-state index in [2.05, 4.69) is 15.0 Å². The third-order valence-electron chi connectivity index (χ3n) is 1.42. The number of rotatable bonds is 0. The number of imidazole rings is 1. The molecule has 2 aromatic heterocycles. The fraction of sp³-hybridized carbons (Fsp3) is 0. The Bertz CT molecular complexity index is 588. The molecule has 0 radical (unpaired) electrons. The van der Waals surface area contributed by atoms with E-state index in [1.54, 1.807) is 0 Å². The van der Waals surface area contributed by atoms with Crippen LogP contribution in [0.1, 0.15) is 0 Å². The van der Waals surface area contributed by atoms with E-state index in [1.165, 1.54) is 0 Å². The summed E-state index contributed by atoms with van der Waals surface area (Å²) in [4.78, 5) is 41.0. The van der Waals surface area contributed by atoms with Crippen LogP contribution in [0.25, 0.3) is 11.2 Å². The Morgan fingerprint density at radius 3 is 1.92 bits per heavy atom. The molecule has 62 valence electrons. The molecule has 2 aromatic rings. The average Bonchev–Trinajstić information content (AvgIpc) is 2.29. The van der Waals surface area contributed by atoms with Gasteiger partial charge in [-0.15, -0.1) is 0 Å². The van der Waals surface area contributed by atoms with Crippen LogP contribution in [0, 0.1) is 0 Å². The maximum Gasteiger partial charge on any atom is 1.00 e. The van der Waals surface area contributed by atoms with E-state index in [0.29, 0.717) is 0 Å². The van der Waals surface area contributed by atoms with Crippen molar-refractivity contribution in [2.24, 2.45) is 0 Å². The molecule has 0 amide bonds. The molecule has 0 bridgehead atoms. The smallest absolute Gasteiger partial charge is 0.300 e. The first-order valence-corrected chi connectivity index (χ1v) is 3.11. The van der Waals surface area contributed by atoms with Gasteiger partial charge in [0.1, 0.15) is 11.2 Å². The van der Waals surface area contributed by atoms with Crippen molar-refractivity contribution in [3.05, 3.63) is 31.3 Å². The predicted molar refractivity (Wildman–Crippen MR) is 40.2 cm³/mol. The standard InChI is InChI=1S/C5H4N4O3.Li/c10-3-1-2(7-4(11)6-1)8-5(12)9-3;/h(H4,6,7,8,9,10,11,12);/q;+1. The Labute approximate surface area is 81.8 Å². The molecule has 13 heavy (non-hydrogen) atoms. The van der Waals surface area contributed by atoms with Gasteiger partial charge in [0.15, 0.2) is 0 Å². The molecule has 0 spiro atoms. The second-order valence-electron chi connectivity index (χ2n) is 2.24. The van der Waals surface area contributed by atoms with E-state index in [9.17, 15) is 14.4 Å². The van der Waals surface area contributed by atoms with Crippen molar-refractivity contribution in [3.63, 3.8) is 0 Å². The van der Waals surface area contributed by atoms with Crippen molar-refractivity contribution in [2.75, 3.05) is 0 Å². The number of nitrogens with one attached hydrogen (secondary N) is 4. The maximum atomic E-state index is 10.9. The van der Waals surface area contributed by atoms with E-state index in [1.807, 2.05) is 4.98 Å². The third-order valence-corrected chi connectivity index (χ3v) is 1.42. The minimum atomic E-state index is -0.650. The first-order valence-electron chi connectivity index (χ1n) is 3.11. The number of hydrogen-bond acceptors (Lipinski definition) is 3. The third kappa shape index (κ3) is 1.52. The van der Waals surface area contributed by atoms with Gasteiger partial charge in [0.2, 0.25) is 0 Å². The van der Waals surface area contributed by atoms with Gasteiger partial charge in [-0.05, 0) is 0 Å². The van der Waals surface area contributed by atoms with Gasteiger partial charge in [0.05, 0.1) is 0 Å². The molecule has 0 saturated carbocycles. The second-order valence-corrected chi connectivity index (χ2v) is 2.24. The minimum Gasteiger partial charge on any atom is -0.300 e. The van der Waals surface area contributed by atoms with Crippen LogP contribution in [0.5, 0.6) is 0 Å². The normalized spacial score (nSPS) is 9.85. The number of fused-ring (bicyclic) bond motifs is 1. The maximum absolute atomic E-state index is 10.9. The Hall–Kier alpha value is -1.45. The predicted octanol–water partition coefficient (Wildman–Crippen LogP) is -4.76. The summed E-state index contributed by atoms with van der Waals surface area (Å²) in [5, 5.41) is 0. The van der Waals surface area contributed by atoms with Crippen LogP contribution in [0.4, 0.5) is 0 Å². The van der Waals surface area contributed by atoms with Crippen LogP contribution >= 0.6 is 0 Å². The first kappa shape index (κ1) is 9.63. The largest absolute Gasteiger partial charge is 1.00 e. The Kier molecular flexibility index (Phi) is 2.31. The van der Waals surface area contributed by atoms with Gasteiger partial charge in [-0.3, -0.25) is 24.7 Å². The fourth-order valence-electron chi connectivity index (χ4n) is 0.958. The number of H-pyrrole nitrogens is 4. The zero-order valence-corrected chi connectivity index (χ0v) is 6.72. The van der Waals surface area contributed by atoms with E-state index < -0.39 is 16.9 Å².